The molecule has 20 heavy (non-hydrogen) atoms. The van der Waals surface area contributed by atoms with E-state index in [1.165, 1.54) is 4.88 Å². The summed E-state index contributed by atoms with van der Waals surface area (Å²) < 4.78 is 1.88. The SMILES string of the molecule is CCc1nn(C)c(CNCC(C)(C)c2cccs2)c1Cl. The van der Waals surface area contributed by atoms with Crippen molar-refractivity contribution in [3.63, 3.8) is 0 Å². The number of hydrogen-bond donors (Lipinski definition) is 1. The van der Waals surface area contributed by atoms with Gasteiger partial charge in [-0.1, -0.05) is 38.4 Å². The molecule has 0 aliphatic carbocycles. The number of aromatic nitrogens is 2. The molecule has 0 spiro atoms. The van der Waals surface area contributed by atoms with E-state index in [1.807, 2.05) is 11.7 Å². The van der Waals surface area contributed by atoms with Crippen molar-refractivity contribution < 1.29 is 0 Å². The number of rotatable bonds is 6. The van der Waals surface area contributed by atoms with Gasteiger partial charge in [-0.05, 0) is 17.9 Å². The van der Waals surface area contributed by atoms with Crippen LogP contribution in [0.25, 0.3) is 0 Å². The first-order valence-electron chi connectivity index (χ1n) is 6.90. The zero-order chi connectivity index (χ0) is 14.8. The summed E-state index contributed by atoms with van der Waals surface area (Å²) in [5.41, 5.74) is 2.17. The van der Waals surface area contributed by atoms with E-state index in [2.05, 4.69) is 48.7 Å². The summed E-state index contributed by atoms with van der Waals surface area (Å²) in [6.07, 6.45) is 0.868. The van der Waals surface area contributed by atoms with Gasteiger partial charge in [0.05, 0.1) is 16.4 Å². The van der Waals surface area contributed by atoms with Crippen molar-refractivity contribution in [1.29, 1.82) is 0 Å². The van der Waals surface area contributed by atoms with E-state index in [-0.39, 0.29) is 5.41 Å². The lowest BCUT2D eigenvalue weighted by atomic mass is 9.91. The fraction of sp³-hybridized carbons (Fsp3) is 0.533. The van der Waals surface area contributed by atoms with E-state index in [0.717, 1.165) is 35.9 Å². The molecule has 2 rings (SSSR count). The van der Waals surface area contributed by atoms with Gasteiger partial charge in [0, 0.05) is 30.4 Å². The Morgan fingerprint density at radius 3 is 2.75 bits per heavy atom. The van der Waals surface area contributed by atoms with Crippen molar-refractivity contribution in [2.75, 3.05) is 6.54 Å². The van der Waals surface area contributed by atoms with Gasteiger partial charge >= 0.3 is 0 Å². The van der Waals surface area contributed by atoms with Crippen LogP contribution in [0.4, 0.5) is 0 Å². The first-order chi connectivity index (χ1) is 9.45. The molecule has 0 atom stereocenters. The average Bonchev–Trinajstić information content (AvgIpc) is 3.01. The Morgan fingerprint density at radius 1 is 1.45 bits per heavy atom. The molecule has 0 radical (unpaired) electrons. The number of nitrogens with one attached hydrogen (secondary N) is 1. The van der Waals surface area contributed by atoms with E-state index in [4.69, 9.17) is 11.6 Å². The van der Waals surface area contributed by atoms with Crippen molar-refractivity contribution in [3.8, 4) is 0 Å². The number of aryl methyl sites for hydroxylation is 2. The highest BCUT2D eigenvalue weighted by Gasteiger charge is 2.21. The van der Waals surface area contributed by atoms with E-state index in [0.29, 0.717) is 0 Å². The van der Waals surface area contributed by atoms with Crippen LogP contribution in [0, 0.1) is 0 Å². The fourth-order valence-electron chi connectivity index (χ4n) is 2.26. The van der Waals surface area contributed by atoms with Crippen LogP contribution in [0.2, 0.25) is 5.02 Å². The van der Waals surface area contributed by atoms with Crippen molar-refractivity contribution >= 4 is 22.9 Å². The third-order valence-electron chi connectivity index (χ3n) is 3.55. The third-order valence-corrected chi connectivity index (χ3v) is 5.22. The molecule has 0 fully saturated rings. The molecule has 110 valence electrons. The smallest absolute Gasteiger partial charge is 0.0863 e. The summed E-state index contributed by atoms with van der Waals surface area (Å²) in [5.74, 6) is 0. The van der Waals surface area contributed by atoms with Crippen molar-refractivity contribution in [2.24, 2.45) is 7.05 Å². The molecular formula is C15H22ClN3S. The normalized spacial score (nSPS) is 12.1. The second-order valence-electron chi connectivity index (χ2n) is 5.65. The van der Waals surface area contributed by atoms with E-state index in [9.17, 15) is 0 Å². The minimum Gasteiger partial charge on any atom is -0.310 e. The summed E-state index contributed by atoms with van der Waals surface area (Å²) in [6.45, 7) is 8.25. The Hall–Kier alpha value is -0.840. The Morgan fingerprint density at radius 2 is 2.20 bits per heavy atom. The molecule has 0 aliphatic heterocycles. The van der Waals surface area contributed by atoms with Gasteiger partial charge in [0.2, 0.25) is 0 Å². The largest absolute Gasteiger partial charge is 0.310 e. The molecule has 2 aromatic heterocycles. The van der Waals surface area contributed by atoms with Crippen LogP contribution in [0.1, 0.15) is 37.0 Å². The molecule has 0 unspecified atom stereocenters. The molecule has 5 heteroatoms. The molecular weight excluding hydrogens is 290 g/mol. The second-order valence-corrected chi connectivity index (χ2v) is 6.97. The lowest BCUT2D eigenvalue weighted by molar-refractivity contribution is 0.469. The maximum atomic E-state index is 6.36. The van der Waals surface area contributed by atoms with Gasteiger partial charge in [-0.2, -0.15) is 5.10 Å². The number of thiophene rings is 1. The van der Waals surface area contributed by atoms with Crippen LogP contribution in [0.5, 0.6) is 0 Å². The Bertz CT molecular complexity index is 558. The van der Waals surface area contributed by atoms with Gasteiger partial charge in [-0.25, -0.2) is 0 Å². The molecule has 3 nitrogen and oxygen atoms in total. The minimum atomic E-state index is 0.132. The van der Waals surface area contributed by atoms with Crippen molar-refractivity contribution in [1.82, 2.24) is 15.1 Å². The van der Waals surface area contributed by atoms with Gasteiger partial charge in [0.25, 0.3) is 0 Å². The third kappa shape index (κ3) is 3.25. The first kappa shape index (κ1) is 15.5. The topological polar surface area (TPSA) is 29.9 Å². The zero-order valence-corrected chi connectivity index (χ0v) is 14.1. The fourth-order valence-corrected chi connectivity index (χ4v) is 3.47. The molecule has 0 bridgehead atoms. The van der Waals surface area contributed by atoms with Crippen molar-refractivity contribution in [3.05, 3.63) is 38.8 Å². The van der Waals surface area contributed by atoms with Crippen molar-refractivity contribution in [2.45, 2.75) is 39.2 Å². The van der Waals surface area contributed by atoms with Crippen LogP contribution in [0.15, 0.2) is 17.5 Å². The maximum Gasteiger partial charge on any atom is 0.0863 e. The summed E-state index contributed by atoms with van der Waals surface area (Å²) >= 11 is 8.16. The highest BCUT2D eigenvalue weighted by Crippen LogP contribution is 2.27. The summed E-state index contributed by atoms with van der Waals surface area (Å²) in [6, 6.07) is 4.30. The van der Waals surface area contributed by atoms with E-state index in [1.54, 1.807) is 11.3 Å². The second kappa shape index (κ2) is 6.29. The average molecular weight is 312 g/mol. The summed E-state index contributed by atoms with van der Waals surface area (Å²) in [4.78, 5) is 1.40. The lowest BCUT2D eigenvalue weighted by Gasteiger charge is -2.23. The molecule has 1 N–H and O–H groups in total. The highest BCUT2D eigenvalue weighted by atomic mass is 35.5. The number of nitrogens with zero attached hydrogens (tertiary/aromatic N) is 2. The van der Waals surface area contributed by atoms with Crippen LogP contribution in [-0.4, -0.2) is 16.3 Å². The monoisotopic (exact) mass is 311 g/mol. The van der Waals surface area contributed by atoms with Gasteiger partial charge in [0.1, 0.15) is 0 Å². The van der Waals surface area contributed by atoms with Crippen LogP contribution in [0.3, 0.4) is 0 Å². The minimum absolute atomic E-state index is 0.132. The van der Waals surface area contributed by atoms with E-state index < -0.39 is 0 Å². The highest BCUT2D eigenvalue weighted by molar-refractivity contribution is 7.10. The van der Waals surface area contributed by atoms with Crippen LogP contribution < -0.4 is 5.32 Å². The number of hydrogen-bond acceptors (Lipinski definition) is 3. The van der Waals surface area contributed by atoms with E-state index >= 15 is 0 Å². The quantitative estimate of drug-likeness (QED) is 0.880. The molecule has 2 heterocycles. The molecule has 0 saturated carbocycles. The van der Waals surface area contributed by atoms with Crippen LogP contribution >= 0.6 is 22.9 Å². The Balaban J connectivity index is 1.98. The predicted molar refractivity (Wildman–Crippen MR) is 86.6 cm³/mol. The maximum absolute atomic E-state index is 6.36. The first-order valence-corrected chi connectivity index (χ1v) is 8.16. The lowest BCUT2D eigenvalue weighted by Crippen LogP contribution is -2.32. The molecule has 0 saturated heterocycles. The molecule has 0 aromatic carbocycles. The Labute approximate surface area is 130 Å². The molecule has 2 aromatic rings. The summed E-state index contributed by atoms with van der Waals surface area (Å²) in [5, 5.41) is 10.9. The molecule has 0 aliphatic rings. The van der Waals surface area contributed by atoms with Gasteiger partial charge in [-0.15, -0.1) is 11.3 Å². The van der Waals surface area contributed by atoms with Gasteiger partial charge < -0.3 is 5.32 Å². The number of halogens is 1. The summed E-state index contributed by atoms with van der Waals surface area (Å²) in [7, 11) is 1.95. The zero-order valence-electron chi connectivity index (χ0n) is 12.5. The predicted octanol–water partition coefficient (Wildman–Crippen LogP) is 3.76. The van der Waals surface area contributed by atoms with Crippen LogP contribution in [-0.2, 0) is 25.4 Å². The van der Waals surface area contributed by atoms with Gasteiger partial charge in [-0.3, -0.25) is 4.68 Å². The molecule has 0 amide bonds. The Kier molecular flexibility index (Phi) is 4.89. The van der Waals surface area contributed by atoms with Gasteiger partial charge in [0.15, 0.2) is 0 Å². The standard InChI is InChI=1S/C15H22ClN3S/c1-5-11-14(16)12(19(4)18-11)9-17-10-15(2,3)13-7-6-8-20-13/h6-8,17H,5,9-10H2,1-4H3.